The van der Waals surface area contributed by atoms with E-state index < -0.39 is 0 Å². The topological polar surface area (TPSA) is 90.8 Å². The van der Waals surface area contributed by atoms with Gasteiger partial charge in [-0.1, -0.05) is 29.8 Å². The Labute approximate surface area is 152 Å². The van der Waals surface area contributed by atoms with Gasteiger partial charge in [-0.25, -0.2) is 5.43 Å². The first-order valence-electron chi connectivity index (χ1n) is 8.35. The second-order valence-electron chi connectivity index (χ2n) is 6.12. The third kappa shape index (κ3) is 5.44. The van der Waals surface area contributed by atoms with Gasteiger partial charge >= 0.3 is 0 Å². The average Bonchev–Trinajstić information content (AvgIpc) is 2.60. The molecule has 0 aromatic heterocycles. The summed E-state index contributed by atoms with van der Waals surface area (Å²) in [6.07, 6.45) is 0.0819. The number of hydrogen-bond acceptors (Lipinski definition) is 4. The van der Waals surface area contributed by atoms with Crippen LogP contribution >= 0.6 is 0 Å². The van der Waals surface area contributed by atoms with Crippen LogP contribution in [0.25, 0.3) is 0 Å². The fourth-order valence-corrected chi connectivity index (χ4v) is 2.44. The number of nitrogens with one attached hydrogen (secondary N) is 2. The Morgan fingerprint density at radius 1 is 1.04 bits per heavy atom. The summed E-state index contributed by atoms with van der Waals surface area (Å²) in [4.78, 5) is 23.9. The Balaban J connectivity index is 1.83. The summed E-state index contributed by atoms with van der Waals surface area (Å²) in [6, 6.07) is 12.5. The second-order valence-corrected chi connectivity index (χ2v) is 6.12. The first-order valence-corrected chi connectivity index (χ1v) is 8.35. The lowest BCUT2D eigenvalue weighted by Gasteiger charge is -2.09. The quantitative estimate of drug-likeness (QED) is 0.550. The zero-order valence-electron chi connectivity index (χ0n) is 15.2. The number of hydrazone groups is 1. The van der Waals surface area contributed by atoms with Crippen molar-refractivity contribution in [1.29, 1.82) is 0 Å². The molecule has 0 spiro atoms. The molecule has 6 heteroatoms. The molecule has 26 heavy (non-hydrogen) atoms. The van der Waals surface area contributed by atoms with Crippen molar-refractivity contribution in [2.75, 3.05) is 5.32 Å². The van der Waals surface area contributed by atoms with Gasteiger partial charge in [-0.15, -0.1) is 0 Å². The monoisotopic (exact) mass is 353 g/mol. The number of anilines is 1. The molecule has 0 aliphatic rings. The van der Waals surface area contributed by atoms with Gasteiger partial charge in [0, 0.05) is 24.1 Å². The molecule has 0 bridgehead atoms. The highest BCUT2D eigenvalue weighted by Gasteiger charge is 2.09. The van der Waals surface area contributed by atoms with E-state index in [-0.39, 0.29) is 30.4 Å². The summed E-state index contributed by atoms with van der Waals surface area (Å²) in [5, 5.41) is 16.5. The summed E-state index contributed by atoms with van der Waals surface area (Å²) < 4.78 is 0. The highest BCUT2D eigenvalue weighted by Crippen LogP contribution is 2.17. The fraction of sp³-hybridized carbons (Fsp3) is 0.250. The van der Waals surface area contributed by atoms with Crippen LogP contribution in [0.4, 0.5) is 5.69 Å². The molecule has 2 rings (SSSR count). The van der Waals surface area contributed by atoms with Gasteiger partial charge in [-0.05, 0) is 44.5 Å². The molecular formula is C20H23N3O3. The molecule has 0 unspecified atom stereocenters. The molecular weight excluding hydrogens is 330 g/mol. The predicted octanol–water partition coefficient (Wildman–Crippen LogP) is 3.27. The van der Waals surface area contributed by atoms with E-state index in [1.165, 1.54) is 0 Å². The maximum absolute atomic E-state index is 12.0. The van der Waals surface area contributed by atoms with Crippen molar-refractivity contribution < 1.29 is 14.7 Å². The van der Waals surface area contributed by atoms with E-state index in [9.17, 15) is 14.7 Å². The van der Waals surface area contributed by atoms with Crippen LogP contribution in [0.3, 0.4) is 0 Å². The molecule has 2 aromatic carbocycles. The number of carbonyl (C=O) groups excluding carboxylic acids is 2. The van der Waals surface area contributed by atoms with E-state index in [2.05, 4.69) is 15.8 Å². The first kappa shape index (κ1) is 19.2. The van der Waals surface area contributed by atoms with Gasteiger partial charge < -0.3 is 10.4 Å². The number of carbonyl (C=O) groups is 2. The van der Waals surface area contributed by atoms with E-state index in [4.69, 9.17) is 0 Å². The minimum atomic E-state index is -0.365. The van der Waals surface area contributed by atoms with Gasteiger partial charge in [0.1, 0.15) is 5.75 Å². The number of phenols is 1. The summed E-state index contributed by atoms with van der Waals surface area (Å²) in [5.74, 6) is -0.500. The van der Waals surface area contributed by atoms with E-state index in [1.807, 2.05) is 32.0 Å². The minimum absolute atomic E-state index is 0.0221. The number of amides is 2. The molecule has 0 aliphatic heterocycles. The molecule has 3 N–H and O–H groups in total. The van der Waals surface area contributed by atoms with E-state index in [0.29, 0.717) is 11.3 Å². The molecule has 0 saturated heterocycles. The zero-order valence-corrected chi connectivity index (χ0v) is 15.2. The number of phenolic OH excluding ortho intramolecular Hbond substituents is 1. The maximum Gasteiger partial charge on any atom is 0.240 e. The number of aromatic hydroxyl groups is 1. The normalized spacial score (nSPS) is 11.1. The standard InChI is InChI=1S/C20H23N3O3/c1-13-8-9-17(14(2)12-13)21-19(25)10-11-20(26)23-22-15(3)16-6-4-5-7-18(16)24/h4-9,12,24H,10-11H2,1-3H3,(H,21,25)(H,23,26)/b22-15-. The van der Waals surface area contributed by atoms with Crippen LogP contribution in [0, 0.1) is 13.8 Å². The Bertz CT molecular complexity index is 844. The maximum atomic E-state index is 12.0. The van der Waals surface area contributed by atoms with Crippen molar-refractivity contribution in [2.45, 2.75) is 33.6 Å². The average molecular weight is 353 g/mol. The van der Waals surface area contributed by atoms with Gasteiger partial charge in [0.05, 0.1) is 5.71 Å². The molecule has 0 fully saturated rings. The van der Waals surface area contributed by atoms with Crippen LogP contribution in [0.1, 0.15) is 36.5 Å². The van der Waals surface area contributed by atoms with Crippen LogP contribution in [-0.2, 0) is 9.59 Å². The molecule has 0 radical (unpaired) electrons. The lowest BCUT2D eigenvalue weighted by molar-refractivity contribution is -0.124. The van der Waals surface area contributed by atoms with Crippen LogP contribution in [-0.4, -0.2) is 22.6 Å². The van der Waals surface area contributed by atoms with Crippen molar-refractivity contribution in [3.05, 3.63) is 59.2 Å². The van der Waals surface area contributed by atoms with Gasteiger partial charge in [0.25, 0.3) is 0 Å². The first-order chi connectivity index (χ1) is 12.4. The summed E-state index contributed by atoms with van der Waals surface area (Å²) in [5.41, 5.74) is 6.27. The van der Waals surface area contributed by atoms with E-state index >= 15 is 0 Å². The van der Waals surface area contributed by atoms with E-state index in [1.54, 1.807) is 31.2 Å². The number of aryl methyl sites for hydroxylation is 2. The Morgan fingerprint density at radius 2 is 1.73 bits per heavy atom. The summed E-state index contributed by atoms with van der Waals surface area (Å²) >= 11 is 0. The van der Waals surface area contributed by atoms with Crippen molar-refractivity contribution in [3.63, 3.8) is 0 Å². The van der Waals surface area contributed by atoms with Gasteiger partial charge in [-0.3, -0.25) is 9.59 Å². The van der Waals surface area contributed by atoms with Crippen LogP contribution in [0.2, 0.25) is 0 Å². The Morgan fingerprint density at radius 3 is 2.42 bits per heavy atom. The highest BCUT2D eigenvalue weighted by molar-refractivity contribution is 6.01. The van der Waals surface area contributed by atoms with Crippen LogP contribution < -0.4 is 10.7 Å². The number of para-hydroxylation sites is 1. The molecule has 0 aliphatic carbocycles. The lowest BCUT2D eigenvalue weighted by atomic mass is 10.1. The molecule has 136 valence electrons. The minimum Gasteiger partial charge on any atom is -0.507 e. The number of rotatable bonds is 6. The van der Waals surface area contributed by atoms with Gasteiger partial charge in [-0.2, -0.15) is 5.10 Å². The molecule has 0 atom stereocenters. The van der Waals surface area contributed by atoms with Gasteiger partial charge in [0.15, 0.2) is 0 Å². The smallest absolute Gasteiger partial charge is 0.240 e. The zero-order chi connectivity index (χ0) is 19.1. The Hall–Kier alpha value is -3.15. The van der Waals surface area contributed by atoms with Gasteiger partial charge in [0.2, 0.25) is 11.8 Å². The lowest BCUT2D eigenvalue weighted by Crippen LogP contribution is -2.22. The highest BCUT2D eigenvalue weighted by atomic mass is 16.3. The molecule has 6 nitrogen and oxygen atoms in total. The second kappa shape index (κ2) is 8.80. The molecule has 0 heterocycles. The summed E-state index contributed by atoms with van der Waals surface area (Å²) in [7, 11) is 0. The Kier molecular flexibility index (Phi) is 6.49. The summed E-state index contributed by atoms with van der Waals surface area (Å²) in [6.45, 7) is 5.59. The van der Waals surface area contributed by atoms with Crippen molar-refractivity contribution in [2.24, 2.45) is 5.10 Å². The SMILES string of the molecule is C/C(=N/NC(=O)CCC(=O)Nc1ccc(C)cc1C)c1ccccc1O. The van der Waals surface area contributed by atoms with E-state index in [0.717, 1.165) is 16.8 Å². The number of hydrogen-bond donors (Lipinski definition) is 3. The molecule has 2 aromatic rings. The fourth-order valence-electron chi connectivity index (χ4n) is 2.44. The van der Waals surface area contributed by atoms with Crippen LogP contribution in [0.15, 0.2) is 47.6 Å². The van der Waals surface area contributed by atoms with Crippen molar-refractivity contribution >= 4 is 23.2 Å². The van der Waals surface area contributed by atoms with Crippen molar-refractivity contribution in [1.82, 2.24) is 5.43 Å². The third-order valence-electron chi connectivity index (χ3n) is 3.88. The predicted molar refractivity (Wildman–Crippen MR) is 102 cm³/mol. The largest absolute Gasteiger partial charge is 0.507 e. The molecule has 2 amide bonds. The number of benzene rings is 2. The number of nitrogens with zero attached hydrogens (tertiary/aromatic N) is 1. The third-order valence-corrected chi connectivity index (χ3v) is 3.88. The molecule has 0 saturated carbocycles. The van der Waals surface area contributed by atoms with Crippen molar-refractivity contribution in [3.8, 4) is 5.75 Å². The van der Waals surface area contributed by atoms with Crippen LogP contribution in [0.5, 0.6) is 5.75 Å².